The molecule has 0 fully saturated rings. The van der Waals surface area contributed by atoms with Crippen molar-refractivity contribution in [1.82, 2.24) is 0 Å². The molecule has 1 unspecified atom stereocenters. The Kier molecular flexibility index (Phi) is 6.02. The van der Waals surface area contributed by atoms with Crippen LogP contribution in [-0.2, 0) is 14.9 Å². The lowest BCUT2D eigenvalue weighted by atomic mass is 9.87. The second-order valence-electron chi connectivity index (χ2n) is 5.69. The molecule has 0 spiro atoms. The molecule has 1 N–H and O–H groups in total. The van der Waals surface area contributed by atoms with Gasteiger partial charge in [0.15, 0.2) is 6.10 Å². The number of carboxylic acid groups (broad SMARTS) is 1. The van der Waals surface area contributed by atoms with Gasteiger partial charge in [0.25, 0.3) is 0 Å². The smallest absolute Gasteiger partial charge is 0.332 e. The zero-order valence-corrected chi connectivity index (χ0v) is 12.7. The van der Waals surface area contributed by atoms with E-state index in [-0.39, 0.29) is 5.41 Å². The number of rotatable bonds is 7. The van der Waals surface area contributed by atoms with Crippen LogP contribution in [0.4, 0.5) is 0 Å². The van der Waals surface area contributed by atoms with Crippen LogP contribution in [0, 0.1) is 0 Å². The summed E-state index contributed by atoms with van der Waals surface area (Å²) in [5.41, 5.74) is 1.35. The van der Waals surface area contributed by atoms with Crippen LogP contribution in [0.3, 0.4) is 0 Å². The van der Waals surface area contributed by atoms with Gasteiger partial charge in [-0.3, -0.25) is 0 Å². The molecule has 4 nitrogen and oxygen atoms in total. The summed E-state index contributed by atoms with van der Waals surface area (Å²) in [7, 11) is 0. The number of carbonyl (C=O) groups is 1. The predicted molar refractivity (Wildman–Crippen MR) is 78.3 cm³/mol. The van der Waals surface area contributed by atoms with Crippen LogP contribution < -0.4 is 4.74 Å². The third kappa shape index (κ3) is 5.21. The minimum atomic E-state index is -0.946. The Morgan fingerprint density at radius 2 is 1.85 bits per heavy atom. The first-order chi connectivity index (χ1) is 9.34. The second-order valence-corrected chi connectivity index (χ2v) is 5.69. The first-order valence-electron chi connectivity index (χ1n) is 6.92. The summed E-state index contributed by atoms with van der Waals surface area (Å²) in [6.07, 6.45) is -0.460. The second kappa shape index (κ2) is 7.29. The monoisotopic (exact) mass is 280 g/mol. The number of hydrogen-bond acceptors (Lipinski definition) is 3. The van der Waals surface area contributed by atoms with Gasteiger partial charge in [0.1, 0.15) is 5.75 Å². The maximum Gasteiger partial charge on any atom is 0.332 e. The van der Waals surface area contributed by atoms with Gasteiger partial charge in [-0.15, -0.1) is 0 Å². The molecule has 1 rings (SSSR count). The van der Waals surface area contributed by atoms with Gasteiger partial charge in [-0.2, -0.15) is 0 Å². The highest BCUT2D eigenvalue weighted by Gasteiger charge is 2.17. The van der Waals surface area contributed by atoms with Crippen molar-refractivity contribution in [2.24, 2.45) is 0 Å². The average molecular weight is 280 g/mol. The third-order valence-electron chi connectivity index (χ3n) is 3.01. The van der Waals surface area contributed by atoms with Crippen LogP contribution in [0.1, 0.15) is 39.7 Å². The van der Waals surface area contributed by atoms with Crippen LogP contribution in [-0.4, -0.2) is 30.4 Å². The first kappa shape index (κ1) is 16.5. The van der Waals surface area contributed by atoms with Crippen LogP contribution in [0.25, 0.3) is 0 Å². The first-order valence-corrected chi connectivity index (χ1v) is 6.92. The quantitative estimate of drug-likeness (QED) is 0.833. The van der Waals surface area contributed by atoms with Gasteiger partial charge in [0.05, 0.1) is 6.61 Å². The molecule has 0 aliphatic carbocycles. The lowest BCUT2D eigenvalue weighted by molar-refractivity contribution is -0.150. The van der Waals surface area contributed by atoms with Crippen molar-refractivity contribution in [3.05, 3.63) is 29.8 Å². The lowest BCUT2D eigenvalue weighted by Crippen LogP contribution is -2.26. The standard InChI is InChI=1S/C16H24O4/c1-5-19-14(15(17)18)10-11-20-13-8-6-12(7-9-13)16(2,3)4/h6-9,14H,5,10-11H2,1-4H3,(H,17,18). The third-order valence-corrected chi connectivity index (χ3v) is 3.01. The molecule has 0 aromatic heterocycles. The SMILES string of the molecule is CCOC(CCOc1ccc(C(C)(C)C)cc1)C(=O)O. The zero-order chi connectivity index (χ0) is 15.2. The van der Waals surface area contributed by atoms with Gasteiger partial charge in [-0.25, -0.2) is 4.79 Å². The average Bonchev–Trinajstić information content (AvgIpc) is 2.37. The van der Waals surface area contributed by atoms with Crippen molar-refractivity contribution in [3.63, 3.8) is 0 Å². The highest BCUT2D eigenvalue weighted by molar-refractivity contribution is 5.72. The van der Waals surface area contributed by atoms with Crippen LogP contribution in [0.5, 0.6) is 5.75 Å². The van der Waals surface area contributed by atoms with E-state index in [0.29, 0.717) is 19.6 Å². The molecule has 0 saturated carbocycles. The fraction of sp³-hybridized carbons (Fsp3) is 0.562. The van der Waals surface area contributed by atoms with Crippen molar-refractivity contribution in [2.75, 3.05) is 13.2 Å². The predicted octanol–water partition coefficient (Wildman–Crippen LogP) is 3.24. The zero-order valence-electron chi connectivity index (χ0n) is 12.7. The molecule has 0 bridgehead atoms. The molecule has 0 heterocycles. The Hall–Kier alpha value is -1.55. The Bertz CT molecular complexity index is 417. The molecular formula is C16H24O4. The fourth-order valence-corrected chi connectivity index (χ4v) is 1.81. The fourth-order valence-electron chi connectivity index (χ4n) is 1.81. The van der Waals surface area contributed by atoms with Gasteiger partial charge in [0.2, 0.25) is 0 Å². The van der Waals surface area contributed by atoms with Crippen molar-refractivity contribution in [3.8, 4) is 5.75 Å². The Balaban J connectivity index is 2.48. The van der Waals surface area contributed by atoms with E-state index >= 15 is 0 Å². The van der Waals surface area contributed by atoms with E-state index in [1.54, 1.807) is 6.92 Å². The van der Waals surface area contributed by atoms with E-state index < -0.39 is 12.1 Å². The van der Waals surface area contributed by atoms with E-state index in [9.17, 15) is 4.79 Å². The van der Waals surface area contributed by atoms with E-state index in [1.165, 1.54) is 5.56 Å². The largest absolute Gasteiger partial charge is 0.493 e. The maximum atomic E-state index is 10.9. The highest BCUT2D eigenvalue weighted by atomic mass is 16.5. The molecule has 0 aliphatic rings. The summed E-state index contributed by atoms with van der Waals surface area (Å²) < 4.78 is 10.7. The maximum absolute atomic E-state index is 10.9. The van der Waals surface area contributed by atoms with E-state index in [2.05, 4.69) is 20.8 Å². The number of ether oxygens (including phenoxy) is 2. The molecule has 1 atom stereocenters. The molecule has 1 aromatic carbocycles. The Morgan fingerprint density at radius 3 is 2.30 bits per heavy atom. The number of carboxylic acids is 1. The molecular weight excluding hydrogens is 256 g/mol. The summed E-state index contributed by atoms with van der Waals surface area (Å²) in [6, 6.07) is 7.90. The summed E-state index contributed by atoms with van der Waals surface area (Å²) in [6.45, 7) is 8.96. The van der Waals surface area contributed by atoms with Crippen LogP contribution in [0.15, 0.2) is 24.3 Å². The molecule has 0 radical (unpaired) electrons. The summed E-state index contributed by atoms with van der Waals surface area (Å²) >= 11 is 0. The summed E-state index contributed by atoms with van der Waals surface area (Å²) in [5.74, 6) is -0.197. The molecule has 1 aromatic rings. The van der Waals surface area contributed by atoms with Crippen molar-refractivity contribution < 1.29 is 19.4 Å². The number of aliphatic carboxylic acids is 1. The Morgan fingerprint density at radius 1 is 1.25 bits per heavy atom. The van der Waals surface area contributed by atoms with Crippen molar-refractivity contribution in [1.29, 1.82) is 0 Å². The summed E-state index contributed by atoms with van der Waals surface area (Å²) in [5, 5.41) is 8.95. The molecule has 20 heavy (non-hydrogen) atoms. The highest BCUT2D eigenvalue weighted by Crippen LogP contribution is 2.24. The molecule has 0 aliphatic heterocycles. The lowest BCUT2D eigenvalue weighted by Gasteiger charge is -2.19. The van der Waals surface area contributed by atoms with Crippen LogP contribution in [0.2, 0.25) is 0 Å². The molecule has 4 heteroatoms. The topological polar surface area (TPSA) is 55.8 Å². The minimum Gasteiger partial charge on any atom is -0.493 e. The van der Waals surface area contributed by atoms with Gasteiger partial charge < -0.3 is 14.6 Å². The van der Waals surface area contributed by atoms with Gasteiger partial charge >= 0.3 is 5.97 Å². The molecule has 112 valence electrons. The van der Waals surface area contributed by atoms with Crippen LogP contribution >= 0.6 is 0 Å². The molecule has 0 saturated heterocycles. The van der Waals surface area contributed by atoms with Gasteiger partial charge in [0, 0.05) is 13.0 Å². The number of benzene rings is 1. The number of hydrogen-bond donors (Lipinski definition) is 1. The van der Waals surface area contributed by atoms with E-state index in [4.69, 9.17) is 14.6 Å². The molecule has 0 amide bonds. The van der Waals surface area contributed by atoms with E-state index in [1.807, 2.05) is 24.3 Å². The van der Waals surface area contributed by atoms with E-state index in [0.717, 1.165) is 5.75 Å². The normalized spacial score (nSPS) is 13.0. The van der Waals surface area contributed by atoms with Gasteiger partial charge in [-0.05, 0) is 30.0 Å². The van der Waals surface area contributed by atoms with Crippen molar-refractivity contribution in [2.45, 2.75) is 45.6 Å². The van der Waals surface area contributed by atoms with Gasteiger partial charge in [-0.1, -0.05) is 32.9 Å². The van der Waals surface area contributed by atoms with Crippen molar-refractivity contribution >= 4 is 5.97 Å². The summed E-state index contributed by atoms with van der Waals surface area (Å²) in [4.78, 5) is 10.9. The Labute approximate surface area is 120 Å². The minimum absolute atomic E-state index is 0.113.